The zero-order valence-electron chi connectivity index (χ0n) is 16.9. The van der Waals surface area contributed by atoms with Gasteiger partial charge in [-0.1, -0.05) is 18.2 Å². The first-order valence-electron chi connectivity index (χ1n) is 9.86. The zero-order valence-corrected chi connectivity index (χ0v) is 17.7. The molecule has 7 nitrogen and oxygen atoms in total. The molecule has 3 rings (SSSR count). The second-order valence-electron chi connectivity index (χ2n) is 7.60. The molecule has 0 atom stereocenters. The summed E-state index contributed by atoms with van der Waals surface area (Å²) in [6.45, 7) is 9.13. The summed E-state index contributed by atoms with van der Waals surface area (Å²) >= 11 is 0. The van der Waals surface area contributed by atoms with E-state index in [0.29, 0.717) is 32.7 Å². The maximum Gasteiger partial charge on any atom is 0.240 e. The maximum absolute atomic E-state index is 12.2. The first-order chi connectivity index (χ1) is 13.3. The van der Waals surface area contributed by atoms with Gasteiger partial charge in [0.2, 0.25) is 15.9 Å². The number of nitrogens with zero attached hydrogens (tertiary/aromatic N) is 3. The van der Waals surface area contributed by atoms with Crippen LogP contribution < -0.4 is 5.32 Å². The summed E-state index contributed by atoms with van der Waals surface area (Å²) in [5.74, 6) is 0.152. The zero-order chi connectivity index (χ0) is 20.3. The van der Waals surface area contributed by atoms with Crippen LogP contribution in [0.4, 0.5) is 0 Å². The Morgan fingerprint density at radius 2 is 1.82 bits per heavy atom. The molecule has 1 aliphatic heterocycles. The number of nitrogens with one attached hydrogen (secondary N) is 1. The van der Waals surface area contributed by atoms with E-state index < -0.39 is 10.0 Å². The topological polar surface area (TPSA) is 74.7 Å². The van der Waals surface area contributed by atoms with Gasteiger partial charge in [-0.3, -0.25) is 9.69 Å². The minimum absolute atomic E-state index is 0.000639. The predicted molar refractivity (Wildman–Crippen MR) is 112 cm³/mol. The number of para-hydroxylation sites is 1. The van der Waals surface area contributed by atoms with Crippen molar-refractivity contribution in [3.63, 3.8) is 0 Å². The molecule has 1 aromatic heterocycles. The third-order valence-corrected chi connectivity index (χ3v) is 7.00. The molecule has 0 spiro atoms. The predicted octanol–water partition coefficient (Wildman–Crippen LogP) is 1.63. The van der Waals surface area contributed by atoms with Crippen LogP contribution in [0.2, 0.25) is 0 Å². The molecule has 8 heteroatoms. The minimum Gasteiger partial charge on any atom is -0.352 e. The molecular formula is C20H30N4O3S. The molecule has 0 aliphatic carbocycles. The fourth-order valence-corrected chi connectivity index (χ4v) is 4.78. The standard InChI is InChI=1S/C20H30N4O3S/c1-4-28(26,27)24-11-9-22(10-12-24)13-17-14-23(15-20(25)21-16(2)3)19-8-6-5-7-18(17)19/h5-8,14,16H,4,9-13,15H2,1-3H3,(H,21,25). The van der Waals surface area contributed by atoms with Crippen LogP contribution in [0.1, 0.15) is 26.3 Å². The Morgan fingerprint density at radius 3 is 2.46 bits per heavy atom. The molecule has 1 N–H and O–H groups in total. The van der Waals surface area contributed by atoms with Crippen LogP contribution in [0.15, 0.2) is 30.5 Å². The average Bonchev–Trinajstić information content (AvgIpc) is 2.99. The SMILES string of the molecule is CCS(=O)(=O)N1CCN(Cc2cn(CC(=O)NC(C)C)c3ccccc23)CC1. The Morgan fingerprint density at radius 1 is 1.14 bits per heavy atom. The van der Waals surface area contributed by atoms with Gasteiger partial charge in [-0.25, -0.2) is 8.42 Å². The molecule has 2 heterocycles. The highest BCUT2D eigenvalue weighted by Gasteiger charge is 2.26. The van der Waals surface area contributed by atoms with Crippen LogP contribution in [0.25, 0.3) is 10.9 Å². The van der Waals surface area contributed by atoms with Gasteiger partial charge in [0.15, 0.2) is 0 Å². The number of benzene rings is 1. The average molecular weight is 407 g/mol. The van der Waals surface area contributed by atoms with E-state index in [1.807, 2.05) is 36.6 Å². The summed E-state index contributed by atoms with van der Waals surface area (Å²) in [4.78, 5) is 14.5. The van der Waals surface area contributed by atoms with Crippen LogP contribution in [-0.4, -0.2) is 66.1 Å². The van der Waals surface area contributed by atoms with Crippen molar-refractivity contribution in [2.45, 2.75) is 39.9 Å². The van der Waals surface area contributed by atoms with Gasteiger partial charge in [0.25, 0.3) is 0 Å². The summed E-state index contributed by atoms with van der Waals surface area (Å²) in [7, 11) is -3.11. The smallest absolute Gasteiger partial charge is 0.240 e. The second kappa shape index (κ2) is 8.63. The highest BCUT2D eigenvalue weighted by Crippen LogP contribution is 2.23. The van der Waals surface area contributed by atoms with E-state index in [9.17, 15) is 13.2 Å². The third-order valence-electron chi connectivity index (χ3n) is 5.12. The van der Waals surface area contributed by atoms with Gasteiger partial charge in [-0.05, 0) is 32.4 Å². The summed E-state index contributed by atoms with van der Waals surface area (Å²) in [5.41, 5.74) is 2.21. The van der Waals surface area contributed by atoms with Gasteiger partial charge in [0.05, 0.1) is 5.75 Å². The number of fused-ring (bicyclic) bond motifs is 1. The monoisotopic (exact) mass is 406 g/mol. The Balaban J connectivity index is 1.73. The Hall–Kier alpha value is -1.90. The van der Waals surface area contributed by atoms with E-state index in [0.717, 1.165) is 17.4 Å². The van der Waals surface area contributed by atoms with Gasteiger partial charge in [0, 0.05) is 55.9 Å². The van der Waals surface area contributed by atoms with Crippen molar-refractivity contribution >= 4 is 26.8 Å². The van der Waals surface area contributed by atoms with Crippen molar-refractivity contribution in [2.24, 2.45) is 0 Å². The van der Waals surface area contributed by atoms with Crippen molar-refractivity contribution < 1.29 is 13.2 Å². The van der Waals surface area contributed by atoms with Gasteiger partial charge in [0.1, 0.15) is 6.54 Å². The van der Waals surface area contributed by atoms with E-state index in [-0.39, 0.29) is 17.7 Å². The highest BCUT2D eigenvalue weighted by molar-refractivity contribution is 7.89. The first-order valence-corrected chi connectivity index (χ1v) is 11.5. The van der Waals surface area contributed by atoms with Crippen molar-refractivity contribution in [3.8, 4) is 0 Å². The quantitative estimate of drug-likeness (QED) is 0.758. The number of hydrogen-bond donors (Lipinski definition) is 1. The third kappa shape index (κ3) is 4.74. The van der Waals surface area contributed by atoms with Crippen LogP contribution in [0.3, 0.4) is 0 Å². The largest absolute Gasteiger partial charge is 0.352 e. The molecule has 2 aromatic rings. The van der Waals surface area contributed by atoms with Gasteiger partial charge < -0.3 is 9.88 Å². The number of hydrogen-bond acceptors (Lipinski definition) is 4. The van der Waals surface area contributed by atoms with E-state index in [1.165, 1.54) is 5.56 Å². The van der Waals surface area contributed by atoms with E-state index in [1.54, 1.807) is 11.2 Å². The molecule has 0 radical (unpaired) electrons. The number of carbonyl (C=O) groups is 1. The lowest BCUT2D eigenvalue weighted by Crippen LogP contribution is -2.48. The summed E-state index contributed by atoms with van der Waals surface area (Å²) < 4.78 is 27.7. The summed E-state index contributed by atoms with van der Waals surface area (Å²) in [6, 6.07) is 8.23. The number of aromatic nitrogens is 1. The van der Waals surface area contributed by atoms with E-state index in [4.69, 9.17) is 0 Å². The number of rotatable bonds is 7. The van der Waals surface area contributed by atoms with Gasteiger partial charge in [-0.2, -0.15) is 4.31 Å². The number of piperazine rings is 1. The molecule has 1 aromatic carbocycles. The fourth-order valence-electron chi connectivity index (χ4n) is 3.69. The number of amides is 1. The summed E-state index contributed by atoms with van der Waals surface area (Å²) in [5, 5.41) is 4.08. The van der Waals surface area contributed by atoms with E-state index >= 15 is 0 Å². The Labute approximate surface area is 167 Å². The Kier molecular flexibility index (Phi) is 6.42. The van der Waals surface area contributed by atoms with Crippen LogP contribution in [0.5, 0.6) is 0 Å². The molecule has 0 saturated carbocycles. The lowest BCUT2D eigenvalue weighted by molar-refractivity contribution is -0.122. The van der Waals surface area contributed by atoms with E-state index in [2.05, 4.69) is 22.5 Å². The van der Waals surface area contributed by atoms with Crippen LogP contribution >= 0.6 is 0 Å². The molecule has 1 amide bonds. The Bertz CT molecular complexity index is 928. The molecule has 1 aliphatic rings. The molecule has 1 saturated heterocycles. The number of sulfonamides is 1. The van der Waals surface area contributed by atoms with Crippen LogP contribution in [0, 0.1) is 0 Å². The lowest BCUT2D eigenvalue weighted by atomic mass is 10.1. The molecular weight excluding hydrogens is 376 g/mol. The summed E-state index contributed by atoms with van der Waals surface area (Å²) in [6.07, 6.45) is 2.06. The maximum atomic E-state index is 12.2. The van der Waals surface area contributed by atoms with Gasteiger partial charge in [-0.15, -0.1) is 0 Å². The van der Waals surface area contributed by atoms with Crippen molar-refractivity contribution in [2.75, 3.05) is 31.9 Å². The lowest BCUT2D eigenvalue weighted by Gasteiger charge is -2.33. The minimum atomic E-state index is -3.11. The molecule has 0 bridgehead atoms. The number of carbonyl (C=O) groups excluding carboxylic acids is 1. The fraction of sp³-hybridized carbons (Fsp3) is 0.550. The second-order valence-corrected chi connectivity index (χ2v) is 9.85. The van der Waals surface area contributed by atoms with Crippen LogP contribution in [-0.2, 0) is 27.9 Å². The molecule has 154 valence electrons. The van der Waals surface area contributed by atoms with Crippen molar-refractivity contribution in [3.05, 3.63) is 36.0 Å². The normalized spacial score (nSPS) is 16.7. The molecule has 1 fully saturated rings. The van der Waals surface area contributed by atoms with Gasteiger partial charge >= 0.3 is 0 Å². The highest BCUT2D eigenvalue weighted by atomic mass is 32.2. The van der Waals surface area contributed by atoms with Crippen molar-refractivity contribution in [1.82, 2.24) is 19.1 Å². The first kappa shape index (κ1) is 20.8. The van der Waals surface area contributed by atoms with Crippen molar-refractivity contribution in [1.29, 1.82) is 0 Å². The molecule has 28 heavy (non-hydrogen) atoms. The molecule has 0 unspecified atom stereocenters.